The molecular weight excluding hydrogens is 232 g/mol. The summed E-state index contributed by atoms with van der Waals surface area (Å²) in [4.78, 5) is 0. The van der Waals surface area contributed by atoms with E-state index in [0.717, 1.165) is 13.1 Å². The second-order valence-corrected chi connectivity index (χ2v) is 5.29. The van der Waals surface area contributed by atoms with Crippen molar-refractivity contribution in [3.8, 4) is 0 Å². The predicted octanol–water partition coefficient (Wildman–Crippen LogP) is 2.75. The van der Waals surface area contributed by atoms with E-state index in [1.54, 1.807) is 0 Å². The van der Waals surface area contributed by atoms with Gasteiger partial charge in [0.2, 0.25) is 0 Å². The normalized spacial score (nSPS) is 10.6. The van der Waals surface area contributed by atoms with Crippen molar-refractivity contribution in [2.24, 2.45) is 0 Å². The third-order valence-corrected chi connectivity index (χ3v) is 3.45. The van der Waals surface area contributed by atoms with Gasteiger partial charge in [-0.05, 0) is 31.4 Å². The fourth-order valence-corrected chi connectivity index (χ4v) is 2.13. The molecule has 2 heteroatoms. The topological polar surface area (TPSA) is 7.76 Å². The van der Waals surface area contributed by atoms with E-state index >= 15 is 0 Å². The first-order valence-corrected chi connectivity index (χ1v) is 7.15. The maximum Gasteiger partial charge on any atom is 0.169 e. The molecule has 2 heterocycles. The summed E-state index contributed by atoms with van der Waals surface area (Å²) in [5, 5.41) is 0. The molecule has 0 N–H and O–H groups in total. The summed E-state index contributed by atoms with van der Waals surface area (Å²) in [5.41, 5.74) is 2.65. The van der Waals surface area contributed by atoms with E-state index in [-0.39, 0.29) is 0 Å². The van der Waals surface area contributed by atoms with Crippen LogP contribution >= 0.6 is 0 Å². The Morgan fingerprint density at radius 2 is 1.00 bits per heavy atom. The van der Waals surface area contributed by atoms with Crippen molar-refractivity contribution in [1.82, 2.24) is 0 Å². The number of aromatic nitrogens is 2. The van der Waals surface area contributed by atoms with Gasteiger partial charge >= 0.3 is 0 Å². The molecule has 0 atom stereocenters. The minimum atomic E-state index is 1.12. The van der Waals surface area contributed by atoms with Crippen LogP contribution in [-0.4, -0.2) is 0 Å². The zero-order valence-electron chi connectivity index (χ0n) is 12.0. The van der Waals surface area contributed by atoms with Crippen molar-refractivity contribution in [1.29, 1.82) is 0 Å². The van der Waals surface area contributed by atoms with Gasteiger partial charge in [0.1, 0.15) is 13.1 Å². The van der Waals surface area contributed by atoms with Crippen LogP contribution in [0.1, 0.15) is 30.4 Å². The molecule has 100 valence electrons. The van der Waals surface area contributed by atoms with Crippen LogP contribution in [-0.2, 0) is 13.1 Å². The van der Waals surface area contributed by atoms with Crippen molar-refractivity contribution >= 4 is 0 Å². The third-order valence-electron chi connectivity index (χ3n) is 3.45. The molecule has 0 radical (unpaired) electrons. The number of hydrogen-bond donors (Lipinski definition) is 0. The first kappa shape index (κ1) is 13.7. The van der Waals surface area contributed by atoms with Crippen LogP contribution in [0.2, 0.25) is 0 Å². The van der Waals surface area contributed by atoms with Crippen LogP contribution in [0.3, 0.4) is 0 Å². The Hall–Kier alpha value is -1.70. The Bertz CT molecular complexity index is 438. The molecule has 2 aromatic heterocycles. The number of nitrogens with zero attached hydrogens (tertiary/aromatic N) is 2. The molecule has 0 spiro atoms. The van der Waals surface area contributed by atoms with Gasteiger partial charge < -0.3 is 0 Å². The van der Waals surface area contributed by atoms with Crippen molar-refractivity contribution in [3.05, 3.63) is 60.2 Å². The average Bonchev–Trinajstić information content (AvgIpc) is 2.43. The summed E-state index contributed by atoms with van der Waals surface area (Å²) in [6.07, 6.45) is 12.5. The molecule has 19 heavy (non-hydrogen) atoms. The van der Waals surface area contributed by atoms with E-state index in [2.05, 4.69) is 72.0 Å². The molecule has 0 aromatic carbocycles. The summed E-state index contributed by atoms with van der Waals surface area (Å²) in [7, 11) is 0. The zero-order chi connectivity index (χ0) is 13.5. The van der Waals surface area contributed by atoms with Crippen molar-refractivity contribution in [2.45, 2.75) is 46.2 Å². The second-order valence-electron chi connectivity index (χ2n) is 5.29. The highest BCUT2D eigenvalue weighted by Crippen LogP contribution is 1.97. The van der Waals surface area contributed by atoms with Gasteiger partial charge in [-0.2, -0.15) is 0 Å². The highest BCUT2D eigenvalue weighted by molar-refractivity contribution is 5.03. The predicted molar refractivity (Wildman–Crippen MR) is 76.6 cm³/mol. The average molecular weight is 256 g/mol. The SMILES string of the molecule is Cc1cc[n+](CCCCC[n+]2ccc(C)cc2)cc1. The Labute approximate surface area is 116 Å². The Morgan fingerprint density at radius 3 is 1.37 bits per heavy atom. The van der Waals surface area contributed by atoms with Gasteiger partial charge in [0.25, 0.3) is 0 Å². The van der Waals surface area contributed by atoms with E-state index < -0.39 is 0 Å². The molecule has 2 nitrogen and oxygen atoms in total. The van der Waals surface area contributed by atoms with Gasteiger partial charge in [0, 0.05) is 37.1 Å². The third kappa shape index (κ3) is 4.82. The van der Waals surface area contributed by atoms with Crippen molar-refractivity contribution < 1.29 is 9.13 Å². The molecule has 0 fully saturated rings. The number of hydrogen-bond acceptors (Lipinski definition) is 0. The van der Waals surface area contributed by atoms with Crippen LogP contribution in [0.4, 0.5) is 0 Å². The molecule has 0 unspecified atom stereocenters. The standard InChI is InChI=1S/C17H24N2/c1-16-6-12-18(13-7-16)10-4-3-5-11-19-14-8-17(2)9-15-19/h6-9,12-15H,3-5,10-11H2,1-2H3/q+2. The fraction of sp³-hybridized carbons (Fsp3) is 0.412. The van der Waals surface area contributed by atoms with Crippen molar-refractivity contribution in [3.63, 3.8) is 0 Å². The molecule has 0 saturated carbocycles. The lowest BCUT2D eigenvalue weighted by atomic mass is 10.2. The number of pyridine rings is 2. The monoisotopic (exact) mass is 256 g/mol. The number of rotatable bonds is 6. The Kier molecular flexibility index (Phi) is 5.08. The quantitative estimate of drug-likeness (QED) is 0.554. The first-order valence-electron chi connectivity index (χ1n) is 7.15. The van der Waals surface area contributed by atoms with E-state index in [1.807, 2.05) is 0 Å². The van der Waals surface area contributed by atoms with E-state index in [4.69, 9.17) is 0 Å². The molecule has 0 saturated heterocycles. The molecule has 2 rings (SSSR count). The van der Waals surface area contributed by atoms with Crippen LogP contribution in [0, 0.1) is 13.8 Å². The lowest BCUT2D eigenvalue weighted by Gasteiger charge is -1.99. The lowest BCUT2D eigenvalue weighted by molar-refractivity contribution is -0.701. The molecule has 0 amide bonds. The highest BCUT2D eigenvalue weighted by Gasteiger charge is 2.02. The van der Waals surface area contributed by atoms with E-state index in [0.29, 0.717) is 0 Å². The van der Waals surface area contributed by atoms with E-state index in [9.17, 15) is 0 Å². The molecule has 0 bridgehead atoms. The summed E-state index contributed by atoms with van der Waals surface area (Å²) in [6, 6.07) is 8.68. The van der Waals surface area contributed by atoms with Crippen molar-refractivity contribution in [2.75, 3.05) is 0 Å². The minimum absolute atomic E-state index is 1.12. The molecule has 0 aliphatic carbocycles. The Balaban J connectivity index is 1.64. The number of aryl methyl sites for hydroxylation is 4. The fourth-order valence-electron chi connectivity index (χ4n) is 2.13. The summed E-state index contributed by atoms with van der Waals surface area (Å²) >= 11 is 0. The van der Waals surface area contributed by atoms with E-state index in [1.165, 1.54) is 30.4 Å². The largest absolute Gasteiger partial charge is 0.205 e. The minimum Gasteiger partial charge on any atom is -0.205 e. The van der Waals surface area contributed by atoms with Gasteiger partial charge in [0.05, 0.1) is 0 Å². The van der Waals surface area contributed by atoms with Gasteiger partial charge in [-0.1, -0.05) is 0 Å². The highest BCUT2D eigenvalue weighted by atomic mass is 14.9. The molecule has 0 aliphatic heterocycles. The smallest absolute Gasteiger partial charge is 0.169 e. The zero-order valence-corrected chi connectivity index (χ0v) is 12.0. The van der Waals surface area contributed by atoms with Gasteiger partial charge in [-0.25, -0.2) is 9.13 Å². The molecule has 0 aliphatic rings. The Morgan fingerprint density at radius 1 is 0.632 bits per heavy atom. The second kappa shape index (κ2) is 7.03. The summed E-state index contributed by atoms with van der Waals surface area (Å²) < 4.78 is 4.54. The van der Waals surface area contributed by atoms with Crippen LogP contribution in [0.15, 0.2) is 49.1 Å². The van der Waals surface area contributed by atoms with Gasteiger partial charge in [-0.3, -0.25) is 0 Å². The van der Waals surface area contributed by atoms with Crippen LogP contribution in [0.5, 0.6) is 0 Å². The molecular formula is C17H24N2+2. The molecule has 2 aromatic rings. The van der Waals surface area contributed by atoms with Gasteiger partial charge in [0.15, 0.2) is 24.8 Å². The summed E-state index contributed by atoms with van der Waals surface area (Å²) in [6.45, 7) is 6.50. The van der Waals surface area contributed by atoms with Crippen LogP contribution < -0.4 is 9.13 Å². The number of unbranched alkanes of at least 4 members (excludes halogenated alkanes) is 2. The lowest BCUT2D eigenvalue weighted by Crippen LogP contribution is -2.34. The maximum atomic E-state index is 2.27. The van der Waals surface area contributed by atoms with Gasteiger partial charge in [-0.15, -0.1) is 0 Å². The first-order chi connectivity index (χ1) is 9.24. The van der Waals surface area contributed by atoms with Crippen LogP contribution in [0.25, 0.3) is 0 Å². The summed E-state index contributed by atoms with van der Waals surface area (Å²) in [5.74, 6) is 0. The maximum absolute atomic E-state index is 2.27.